The lowest BCUT2D eigenvalue weighted by Crippen LogP contribution is -2.37. The molecule has 0 radical (unpaired) electrons. The summed E-state index contributed by atoms with van der Waals surface area (Å²) >= 11 is 0. The quantitative estimate of drug-likeness (QED) is 0.344. The van der Waals surface area contributed by atoms with Crippen molar-refractivity contribution < 1.29 is 22.6 Å². The van der Waals surface area contributed by atoms with Gasteiger partial charge in [0.2, 0.25) is 0 Å². The molecule has 2 N–H and O–H groups in total. The normalized spacial score (nSPS) is 12.0. The van der Waals surface area contributed by atoms with Crippen molar-refractivity contribution in [3.05, 3.63) is 65.2 Å². The Morgan fingerprint density at radius 2 is 1.73 bits per heavy atom. The summed E-state index contributed by atoms with van der Waals surface area (Å²) in [5, 5.41) is 6.50. The Morgan fingerprint density at radius 3 is 2.40 bits per heavy atom. The molecule has 30 heavy (non-hydrogen) atoms. The van der Waals surface area contributed by atoms with Gasteiger partial charge in [-0.2, -0.15) is 13.2 Å². The molecular formula is C22H28F3N3O2. The lowest BCUT2D eigenvalue weighted by Gasteiger charge is -2.12. The zero-order chi connectivity index (χ0) is 21.8. The summed E-state index contributed by atoms with van der Waals surface area (Å²) in [6.07, 6.45) is -2.43. The Hall–Kier alpha value is -2.74. The minimum Gasteiger partial charge on any atom is -0.497 e. The Morgan fingerprint density at radius 1 is 1.00 bits per heavy atom. The average Bonchev–Trinajstić information content (AvgIpc) is 2.73. The van der Waals surface area contributed by atoms with E-state index in [1.54, 1.807) is 26.3 Å². The number of benzene rings is 2. The highest BCUT2D eigenvalue weighted by Gasteiger charge is 2.27. The van der Waals surface area contributed by atoms with Gasteiger partial charge in [0.05, 0.1) is 13.7 Å². The molecule has 8 heteroatoms. The predicted molar refractivity (Wildman–Crippen MR) is 112 cm³/mol. The highest BCUT2D eigenvalue weighted by Crippen LogP contribution is 2.16. The van der Waals surface area contributed by atoms with Gasteiger partial charge in [-0.05, 0) is 41.7 Å². The molecule has 0 spiro atoms. The number of guanidine groups is 1. The molecule has 2 rings (SSSR count). The third-order valence-electron chi connectivity index (χ3n) is 4.31. The first kappa shape index (κ1) is 23.5. The summed E-state index contributed by atoms with van der Waals surface area (Å²) in [5.74, 6) is 1.55. The average molecular weight is 423 g/mol. The van der Waals surface area contributed by atoms with Crippen LogP contribution in [0.3, 0.4) is 0 Å². The fourth-order valence-corrected chi connectivity index (χ4v) is 2.77. The zero-order valence-corrected chi connectivity index (χ0v) is 17.3. The molecule has 2 aromatic rings. The van der Waals surface area contributed by atoms with Crippen LogP contribution in [0.5, 0.6) is 5.75 Å². The Bertz CT molecular complexity index is 793. The van der Waals surface area contributed by atoms with Crippen molar-refractivity contribution in [3.63, 3.8) is 0 Å². The van der Waals surface area contributed by atoms with E-state index in [0.717, 1.165) is 30.7 Å². The number of rotatable bonds is 10. The van der Waals surface area contributed by atoms with E-state index in [9.17, 15) is 13.2 Å². The molecule has 5 nitrogen and oxygen atoms in total. The second-order valence-electron chi connectivity index (χ2n) is 6.73. The number of nitrogens with one attached hydrogen (secondary N) is 2. The van der Waals surface area contributed by atoms with E-state index in [1.807, 2.05) is 30.3 Å². The van der Waals surface area contributed by atoms with Crippen LogP contribution >= 0.6 is 0 Å². The molecular weight excluding hydrogens is 395 g/mol. The van der Waals surface area contributed by atoms with Crippen molar-refractivity contribution in [2.24, 2.45) is 4.99 Å². The number of ether oxygens (including phenoxy) is 2. The maximum atomic E-state index is 12.1. The van der Waals surface area contributed by atoms with E-state index in [-0.39, 0.29) is 6.61 Å². The zero-order valence-electron chi connectivity index (χ0n) is 17.3. The fraction of sp³-hybridized carbons (Fsp3) is 0.409. The minimum absolute atomic E-state index is 0.0657. The van der Waals surface area contributed by atoms with Gasteiger partial charge in [0, 0.05) is 20.1 Å². The highest BCUT2D eigenvalue weighted by molar-refractivity contribution is 5.79. The summed E-state index contributed by atoms with van der Waals surface area (Å²) in [5.41, 5.74) is 2.91. The van der Waals surface area contributed by atoms with Crippen LogP contribution in [0.4, 0.5) is 13.2 Å². The molecule has 0 atom stereocenters. The monoisotopic (exact) mass is 423 g/mol. The summed E-state index contributed by atoms with van der Waals surface area (Å²) in [4.78, 5) is 4.20. The molecule has 0 saturated heterocycles. The number of aliphatic imine (C=N–C) groups is 1. The van der Waals surface area contributed by atoms with Crippen molar-refractivity contribution in [1.82, 2.24) is 10.6 Å². The van der Waals surface area contributed by atoms with Crippen LogP contribution in [0.15, 0.2) is 53.5 Å². The topological polar surface area (TPSA) is 54.9 Å². The molecule has 0 amide bonds. The summed E-state index contributed by atoms with van der Waals surface area (Å²) in [6, 6.07) is 15.3. The number of nitrogens with zero attached hydrogens (tertiary/aromatic N) is 1. The third-order valence-corrected chi connectivity index (χ3v) is 4.31. The SMILES string of the molecule is CN=C(NCCCc1cccc(OC)c1)NCc1ccc(COCC(F)(F)F)cc1. The first-order chi connectivity index (χ1) is 14.4. The van der Waals surface area contributed by atoms with E-state index in [2.05, 4.69) is 26.4 Å². The first-order valence-electron chi connectivity index (χ1n) is 9.69. The van der Waals surface area contributed by atoms with E-state index in [0.29, 0.717) is 18.1 Å². The number of halogens is 3. The van der Waals surface area contributed by atoms with Gasteiger partial charge in [-0.3, -0.25) is 4.99 Å². The van der Waals surface area contributed by atoms with Crippen LogP contribution in [-0.4, -0.2) is 39.4 Å². The van der Waals surface area contributed by atoms with Gasteiger partial charge < -0.3 is 20.1 Å². The molecule has 0 aliphatic carbocycles. The largest absolute Gasteiger partial charge is 0.497 e. The maximum absolute atomic E-state index is 12.1. The molecule has 0 bridgehead atoms. The Labute approximate surface area is 175 Å². The van der Waals surface area contributed by atoms with E-state index in [4.69, 9.17) is 4.74 Å². The molecule has 164 valence electrons. The molecule has 2 aromatic carbocycles. The fourth-order valence-electron chi connectivity index (χ4n) is 2.77. The van der Waals surface area contributed by atoms with Crippen LogP contribution in [0, 0.1) is 0 Å². The molecule has 0 heterocycles. The molecule has 0 aliphatic rings. The minimum atomic E-state index is -4.30. The summed E-state index contributed by atoms with van der Waals surface area (Å²) < 4.78 is 46.2. The van der Waals surface area contributed by atoms with Crippen molar-refractivity contribution in [2.45, 2.75) is 32.2 Å². The third kappa shape index (κ3) is 9.17. The lowest BCUT2D eigenvalue weighted by molar-refractivity contribution is -0.176. The maximum Gasteiger partial charge on any atom is 0.411 e. The van der Waals surface area contributed by atoms with Crippen molar-refractivity contribution >= 4 is 5.96 Å². The first-order valence-corrected chi connectivity index (χ1v) is 9.69. The van der Waals surface area contributed by atoms with Gasteiger partial charge >= 0.3 is 6.18 Å². The standard InChI is InChI=1S/C22H28F3N3O2/c1-26-21(27-12-4-6-17-5-3-7-20(13-17)29-2)28-14-18-8-10-19(11-9-18)15-30-16-22(23,24)25/h3,5,7-11,13H,4,6,12,14-16H2,1-2H3,(H2,26,27,28). The smallest absolute Gasteiger partial charge is 0.411 e. The molecule has 0 aliphatic heterocycles. The number of hydrogen-bond acceptors (Lipinski definition) is 3. The second kappa shape index (κ2) is 12.1. The number of aryl methyl sites for hydroxylation is 1. The Balaban J connectivity index is 1.68. The van der Waals surface area contributed by atoms with E-state index >= 15 is 0 Å². The van der Waals surface area contributed by atoms with Crippen LogP contribution in [0.2, 0.25) is 0 Å². The van der Waals surface area contributed by atoms with Gasteiger partial charge in [0.25, 0.3) is 0 Å². The van der Waals surface area contributed by atoms with E-state index in [1.165, 1.54) is 5.56 Å². The lowest BCUT2D eigenvalue weighted by atomic mass is 10.1. The van der Waals surface area contributed by atoms with Crippen LogP contribution in [0.1, 0.15) is 23.1 Å². The van der Waals surface area contributed by atoms with Crippen LogP contribution < -0.4 is 15.4 Å². The van der Waals surface area contributed by atoms with Crippen molar-refractivity contribution in [1.29, 1.82) is 0 Å². The molecule has 0 aromatic heterocycles. The number of methoxy groups -OCH3 is 1. The molecule has 0 fully saturated rings. The van der Waals surface area contributed by atoms with Crippen molar-refractivity contribution in [3.8, 4) is 5.75 Å². The van der Waals surface area contributed by atoms with Gasteiger partial charge in [-0.15, -0.1) is 0 Å². The van der Waals surface area contributed by atoms with Crippen molar-refractivity contribution in [2.75, 3.05) is 27.3 Å². The van der Waals surface area contributed by atoms with E-state index < -0.39 is 12.8 Å². The molecule has 0 unspecified atom stereocenters. The van der Waals surface area contributed by atoms with Crippen LogP contribution in [0.25, 0.3) is 0 Å². The van der Waals surface area contributed by atoms with Gasteiger partial charge in [-0.1, -0.05) is 36.4 Å². The predicted octanol–water partition coefficient (Wildman–Crippen LogP) is 4.07. The second-order valence-corrected chi connectivity index (χ2v) is 6.73. The van der Waals surface area contributed by atoms with Gasteiger partial charge in [-0.25, -0.2) is 0 Å². The van der Waals surface area contributed by atoms with Gasteiger partial charge in [0.15, 0.2) is 5.96 Å². The number of alkyl halides is 3. The summed E-state index contributed by atoms with van der Waals surface area (Å²) in [6.45, 7) is 0.0193. The Kier molecular flexibility index (Phi) is 9.47. The van der Waals surface area contributed by atoms with Gasteiger partial charge in [0.1, 0.15) is 12.4 Å². The molecule has 0 saturated carbocycles. The number of hydrogen-bond donors (Lipinski definition) is 2. The highest BCUT2D eigenvalue weighted by atomic mass is 19.4. The van der Waals surface area contributed by atoms with Crippen LogP contribution in [-0.2, 0) is 24.3 Å². The summed E-state index contributed by atoms with van der Waals surface area (Å²) in [7, 11) is 3.37.